The van der Waals surface area contributed by atoms with E-state index in [1.165, 1.54) is 41.2 Å². The number of benzene rings is 2. The summed E-state index contributed by atoms with van der Waals surface area (Å²) < 4.78 is 2.56. The second-order valence-corrected chi connectivity index (χ2v) is 8.09. The molecule has 138 valence electrons. The van der Waals surface area contributed by atoms with Crippen LogP contribution in [0.1, 0.15) is 48.7 Å². The summed E-state index contributed by atoms with van der Waals surface area (Å²) in [5.74, 6) is 1.74. The molecule has 27 heavy (non-hydrogen) atoms. The van der Waals surface area contributed by atoms with Crippen molar-refractivity contribution in [3.05, 3.63) is 77.6 Å². The highest BCUT2D eigenvalue weighted by atomic mass is 15.2. The lowest BCUT2D eigenvalue weighted by Gasteiger charge is -2.30. The van der Waals surface area contributed by atoms with Crippen LogP contribution in [0.2, 0.25) is 0 Å². The SMILES string of the molecule is CC(CN1CCc2nc(-c3ccccc3)n(C3CC3)c2C1)c1ccccc1. The first-order valence-electron chi connectivity index (χ1n) is 10.2. The quantitative estimate of drug-likeness (QED) is 0.637. The van der Waals surface area contributed by atoms with Gasteiger partial charge in [-0.2, -0.15) is 0 Å². The highest BCUT2D eigenvalue weighted by molar-refractivity contribution is 5.57. The van der Waals surface area contributed by atoms with Gasteiger partial charge >= 0.3 is 0 Å². The molecule has 1 aromatic heterocycles. The van der Waals surface area contributed by atoms with Crippen LogP contribution < -0.4 is 0 Å². The molecule has 0 bridgehead atoms. The molecule has 0 spiro atoms. The molecule has 2 aromatic carbocycles. The number of nitrogens with zero attached hydrogens (tertiary/aromatic N) is 3. The van der Waals surface area contributed by atoms with Gasteiger partial charge in [0.1, 0.15) is 5.82 Å². The standard InChI is InChI=1S/C24H27N3/c1-18(19-8-4-2-5-9-19)16-26-15-14-22-23(17-26)27(21-12-13-21)24(25-22)20-10-6-3-7-11-20/h2-11,18,21H,12-17H2,1H3. The van der Waals surface area contributed by atoms with Gasteiger partial charge < -0.3 is 4.57 Å². The first kappa shape index (κ1) is 16.8. The van der Waals surface area contributed by atoms with E-state index >= 15 is 0 Å². The van der Waals surface area contributed by atoms with Gasteiger partial charge in [0.25, 0.3) is 0 Å². The summed E-state index contributed by atoms with van der Waals surface area (Å²) in [6.45, 7) is 5.60. The molecule has 3 nitrogen and oxygen atoms in total. The molecule has 2 aliphatic rings. The van der Waals surface area contributed by atoms with Gasteiger partial charge in [0.05, 0.1) is 11.4 Å². The second-order valence-electron chi connectivity index (χ2n) is 8.09. The molecule has 1 aliphatic heterocycles. The maximum absolute atomic E-state index is 5.09. The first-order chi connectivity index (χ1) is 13.3. The number of imidazole rings is 1. The number of hydrogen-bond donors (Lipinski definition) is 0. The Morgan fingerprint density at radius 3 is 2.41 bits per heavy atom. The fourth-order valence-corrected chi connectivity index (χ4v) is 4.38. The number of aromatic nitrogens is 2. The number of rotatable bonds is 5. The molecule has 5 rings (SSSR count). The summed E-state index contributed by atoms with van der Waals surface area (Å²) >= 11 is 0. The van der Waals surface area contributed by atoms with Crippen molar-refractivity contribution in [2.45, 2.75) is 44.7 Å². The molecule has 0 radical (unpaired) electrons. The first-order valence-corrected chi connectivity index (χ1v) is 10.2. The topological polar surface area (TPSA) is 21.1 Å². The van der Waals surface area contributed by atoms with Crippen molar-refractivity contribution >= 4 is 0 Å². The van der Waals surface area contributed by atoms with Crippen molar-refractivity contribution in [3.8, 4) is 11.4 Å². The van der Waals surface area contributed by atoms with E-state index in [1.54, 1.807) is 0 Å². The molecular formula is C24H27N3. The predicted molar refractivity (Wildman–Crippen MR) is 110 cm³/mol. The summed E-state index contributed by atoms with van der Waals surface area (Å²) in [6.07, 6.45) is 3.66. The van der Waals surface area contributed by atoms with Crippen molar-refractivity contribution in [2.75, 3.05) is 13.1 Å². The van der Waals surface area contributed by atoms with Gasteiger partial charge in [-0.05, 0) is 24.3 Å². The molecule has 3 aromatic rings. The van der Waals surface area contributed by atoms with Crippen LogP contribution in [-0.2, 0) is 13.0 Å². The van der Waals surface area contributed by atoms with Gasteiger partial charge in [0.2, 0.25) is 0 Å². The summed E-state index contributed by atoms with van der Waals surface area (Å²) in [7, 11) is 0. The molecule has 1 unspecified atom stereocenters. The number of hydrogen-bond acceptors (Lipinski definition) is 2. The normalized spacial score (nSPS) is 18.3. The van der Waals surface area contributed by atoms with Crippen molar-refractivity contribution in [1.82, 2.24) is 14.5 Å². The van der Waals surface area contributed by atoms with Gasteiger partial charge in [-0.3, -0.25) is 4.90 Å². The molecule has 0 amide bonds. The van der Waals surface area contributed by atoms with Crippen molar-refractivity contribution in [3.63, 3.8) is 0 Å². The Hall–Kier alpha value is -2.39. The minimum absolute atomic E-state index is 0.554. The monoisotopic (exact) mass is 357 g/mol. The van der Waals surface area contributed by atoms with Gasteiger partial charge in [-0.25, -0.2) is 4.98 Å². The average Bonchev–Trinajstić information content (AvgIpc) is 3.49. The lowest BCUT2D eigenvalue weighted by atomic mass is 9.99. The van der Waals surface area contributed by atoms with Crippen LogP contribution in [-0.4, -0.2) is 27.5 Å². The highest BCUT2D eigenvalue weighted by Gasteiger charge is 2.33. The van der Waals surface area contributed by atoms with Crippen molar-refractivity contribution in [2.24, 2.45) is 0 Å². The maximum Gasteiger partial charge on any atom is 0.140 e. The Morgan fingerprint density at radius 2 is 1.70 bits per heavy atom. The third-order valence-electron chi connectivity index (χ3n) is 5.98. The van der Waals surface area contributed by atoms with Crippen LogP contribution in [0.5, 0.6) is 0 Å². The second kappa shape index (κ2) is 6.97. The van der Waals surface area contributed by atoms with Crippen LogP contribution in [0.15, 0.2) is 60.7 Å². The Bertz CT molecular complexity index is 910. The van der Waals surface area contributed by atoms with Crippen LogP contribution in [0.25, 0.3) is 11.4 Å². The van der Waals surface area contributed by atoms with Crippen molar-refractivity contribution in [1.29, 1.82) is 0 Å². The summed E-state index contributed by atoms with van der Waals surface area (Å²) in [4.78, 5) is 7.71. The van der Waals surface area contributed by atoms with Gasteiger partial charge in [0.15, 0.2) is 0 Å². The lowest BCUT2D eigenvalue weighted by Crippen LogP contribution is -2.34. The van der Waals surface area contributed by atoms with Crippen molar-refractivity contribution < 1.29 is 0 Å². The molecular weight excluding hydrogens is 330 g/mol. The predicted octanol–water partition coefficient (Wildman–Crippen LogP) is 5.05. The summed E-state index contributed by atoms with van der Waals surface area (Å²) in [5.41, 5.74) is 5.47. The van der Waals surface area contributed by atoms with E-state index in [0.717, 1.165) is 26.1 Å². The van der Waals surface area contributed by atoms with E-state index in [4.69, 9.17) is 4.98 Å². The smallest absolute Gasteiger partial charge is 0.140 e. The Labute approximate surface area is 161 Å². The zero-order valence-corrected chi connectivity index (χ0v) is 16.0. The number of fused-ring (bicyclic) bond motifs is 1. The van der Waals surface area contributed by atoms with Gasteiger partial charge in [0, 0.05) is 37.7 Å². The van der Waals surface area contributed by atoms with E-state index in [2.05, 4.69) is 77.1 Å². The zero-order valence-electron chi connectivity index (χ0n) is 16.0. The fourth-order valence-electron chi connectivity index (χ4n) is 4.38. The third-order valence-corrected chi connectivity index (χ3v) is 5.98. The fraction of sp³-hybridized carbons (Fsp3) is 0.375. The van der Waals surface area contributed by atoms with E-state index < -0.39 is 0 Å². The molecule has 3 heteroatoms. The molecule has 1 fully saturated rings. The van der Waals surface area contributed by atoms with Crippen LogP contribution >= 0.6 is 0 Å². The maximum atomic E-state index is 5.09. The molecule has 2 heterocycles. The zero-order chi connectivity index (χ0) is 18.2. The average molecular weight is 358 g/mol. The van der Waals surface area contributed by atoms with E-state index in [0.29, 0.717) is 12.0 Å². The van der Waals surface area contributed by atoms with Crippen LogP contribution in [0.4, 0.5) is 0 Å². The molecule has 1 saturated carbocycles. The minimum Gasteiger partial charge on any atom is -0.323 e. The third kappa shape index (κ3) is 3.32. The van der Waals surface area contributed by atoms with E-state index in [9.17, 15) is 0 Å². The van der Waals surface area contributed by atoms with Gasteiger partial charge in [-0.15, -0.1) is 0 Å². The van der Waals surface area contributed by atoms with Crippen LogP contribution in [0, 0.1) is 0 Å². The van der Waals surface area contributed by atoms with Gasteiger partial charge in [-0.1, -0.05) is 67.6 Å². The van der Waals surface area contributed by atoms with E-state index in [1.807, 2.05) is 0 Å². The Balaban J connectivity index is 1.41. The molecule has 0 saturated heterocycles. The largest absolute Gasteiger partial charge is 0.323 e. The summed E-state index contributed by atoms with van der Waals surface area (Å²) in [5, 5.41) is 0. The minimum atomic E-state index is 0.554. The Morgan fingerprint density at radius 1 is 1.00 bits per heavy atom. The molecule has 1 aliphatic carbocycles. The lowest BCUT2D eigenvalue weighted by molar-refractivity contribution is 0.234. The van der Waals surface area contributed by atoms with Crippen LogP contribution in [0.3, 0.4) is 0 Å². The summed E-state index contributed by atoms with van der Waals surface area (Å²) in [6, 6.07) is 22.3. The molecule has 1 atom stereocenters. The molecule has 0 N–H and O–H groups in total. The van der Waals surface area contributed by atoms with E-state index in [-0.39, 0.29) is 0 Å². The Kier molecular flexibility index (Phi) is 4.33. The highest BCUT2D eigenvalue weighted by Crippen LogP contribution is 2.41.